The predicted octanol–water partition coefficient (Wildman–Crippen LogP) is 1.93. The molecule has 1 rings (SSSR count). The van der Waals surface area contributed by atoms with Crippen LogP contribution >= 0.6 is 0 Å². The Morgan fingerprint density at radius 3 is 2.80 bits per heavy atom. The molecule has 1 unspecified atom stereocenters. The summed E-state index contributed by atoms with van der Waals surface area (Å²) in [5, 5.41) is 3.17. The summed E-state index contributed by atoms with van der Waals surface area (Å²) in [7, 11) is -1.11. The Bertz CT molecular complexity index is 341. The molecule has 0 spiro atoms. The molecule has 1 aromatic carbocycles. The van der Waals surface area contributed by atoms with Gasteiger partial charge in [-0.25, -0.2) is 4.39 Å². The number of hydrogen-bond acceptors (Lipinski definition) is 2. The van der Waals surface area contributed by atoms with Gasteiger partial charge in [0.1, 0.15) is 5.82 Å². The van der Waals surface area contributed by atoms with Crippen LogP contribution in [0.2, 0.25) is 0 Å². The predicted molar refractivity (Wildman–Crippen MR) is 60.8 cm³/mol. The second kappa shape index (κ2) is 5.98. The molecule has 1 N–H and O–H groups in total. The maximum absolute atomic E-state index is 12.8. The SMILES string of the molecule is CC(C)NCCS(=O)c1cccc(F)c1. The van der Waals surface area contributed by atoms with Crippen LogP contribution in [0.5, 0.6) is 0 Å². The highest BCUT2D eigenvalue weighted by molar-refractivity contribution is 7.85. The van der Waals surface area contributed by atoms with Crippen LogP contribution in [0.3, 0.4) is 0 Å². The number of rotatable bonds is 5. The fourth-order valence-electron chi connectivity index (χ4n) is 1.17. The molecule has 0 aromatic heterocycles. The minimum Gasteiger partial charge on any atom is -0.314 e. The van der Waals surface area contributed by atoms with E-state index < -0.39 is 10.8 Å². The highest BCUT2D eigenvalue weighted by Crippen LogP contribution is 2.08. The molecule has 15 heavy (non-hydrogen) atoms. The Labute approximate surface area is 92.3 Å². The highest BCUT2D eigenvalue weighted by atomic mass is 32.2. The third-order valence-corrected chi connectivity index (χ3v) is 3.25. The average Bonchev–Trinajstić information content (AvgIpc) is 2.17. The van der Waals surface area contributed by atoms with Crippen molar-refractivity contribution in [2.45, 2.75) is 24.8 Å². The molecular weight excluding hydrogens is 213 g/mol. The van der Waals surface area contributed by atoms with E-state index in [1.54, 1.807) is 12.1 Å². The normalized spacial score (nSPS) is 13.1. The molecule has 84 valence electrons. The summed E-state index contributed by atoms with van der Waals surface area (Å²) in [6.45, 7) is 4.75. The number of nitrogens with one attached hydrogen (secondary N) is 1. The zero-order valence-electron chi connectivity index (χ0n) is 9.00. The summed E-state index contributed by atoms with van der Waals surface area (Å²) in [6, 6.07) is 6.33. The minimum atomic E-state index is -1.11. The summed E-state index contributed by atoms with van der Waals surface area (Å²) >= 11 is 0. The van der Waals surface area contributed by atoms with E-state index in [1.165, 1.54) is 12.1 Å². The van der Waals surface area contributed by atoms with Crippen LogP contribution in [-0.2, 0) is 10.8 Å². The standard InChI is InChI=1S/C11H16FNOS/c1-9(2)13-6-7-15(14)11-5-3-4-10(12)8-11/h3-5,8-9,13H,6-7H2,1-2H3. The van der Waals surface area contributed by atoms with E-state index in [9.17, 15) is 8.60 Å². The van der Waals surface area contributed by atoms with E-state index in [0.29, 0.717) is 23.2 Å². The van der Waals surface area contributed by atoms with E-state index in [1.807, 2.05) is 13.8 Å². The van der Waals surface area contributed by atoms with E-state index in [4.69, 9.17) is 0 Å². The third-order valence-electron chi connectivity index (χ3n) is 1.90. The van der Waals surface area contributed by atoms with Crippen LogP contribution in [0, 0.1) is 5.82 Å². The molecule has 0 bridgehead atoms. The summed E-state index contributed by atoms with van der Waals surface area (Å²) in [4.78, 5) is 0.556. The Balaban J connectivity index is 2.47. The van der Waals surface area contributed by atoms with Crippen molar-refractivity contribution < 1.29 is 8.60 Å². The zero-order valence-corrected chi connectivity index (χ0v) is 9.81. The third kappa shape index (κ3) is 4.53. The topological polar surface area (TPSA) is 29.1 Å². The van der Waals surface area contributed by atoms with Crippen molar-refractivity contribution in [2.24, 2.45) is 0 Å². The van der Waals surface area contributed by atoms with Gasteiger partial charge in [0.15, 0.2) is 0 Å². The molecule has 1 atom stereocenters. The van der Waals surface area contributed by atoms with Crippen molar-refractivity contribution in [2.75, 3.05) is 12.3 Å². The van der Waals surface area contributed by atoms with Gasteiger partial charge in [-0.15, -0.1) is 0 Å². The Hall–Kier alpha value is -0.740. The minimum absolute atomic E-state index is 0.335. The number of halogens is 1. The van der Waals surface area contributed by atoms with Crippen molar-refractivity contribution in [3.05, 3.63) is 30.1 Å². The van der Waals surface area contributed by atoms with Crippen molar-refractivity contribution in [3.8, 4) is 0 Å². The molecule has 0 saturated carbocycles. The molecule has 0 aliphatic heterocycles. The smallest absolute Gasteiger partial charge is 0.124 e. The molecule has 1 aromatic rings. The van der Waals surface area contributed by atoms with Crippen LogP contribution in [-0.4, -0.2) is 22.5 Å². The first-order valence-electron chi connectivity index (χ1n) is 4.97. The van der Waals surface area contributed by atoms with Crippen LogP contribution in [0.1, 0.15) is 13.8 Å². The van der Waals surface area contributed by atoms with Gasteiger partial charge in [-0.05, 0) is 18.2 Å². The number of hydrogen-bond donors (Lipinski definition) is 1. The first kappa shape index (κ1) is 12.3. The van der Waals surface area contributed by atoms with E-state index in [2.05, 4.69) is 5.32 Å². The first-order chi connectivity index (χ1) is 7.09. The van der Waals surface area contributed by atoms with Gasteiger partial charge in [0.25, 0.3) is 0 Å². The van der Waals surface area contributed by atoms with Crippen LogP contribution in [0.15, 0.2) is 29.2 Å². The Morgan fingerprint density at radius 1 is 1.47 bits per heavy atom. The number of benzene rings is 1. The molecule has 0 aliphatic rings. The quantitative estimate of drug-likeness (QED) is 0.836. The van der Waals surface area contributed by atoms with Gasteiger partial charge in [-0.1, -0.05) is 19.9 Å². The summed E-state index contributed by atoms with van der Waals surface area (Å²) in [5.74, 6) is 0.180. The monoisotopic (exact) mass is 229 g/mol. The van der Waals surface area contributed by atoms with Crippen molar-refractivity contribution in [1.82, 2.24) is 5.32 Å². The van der Waals surface area contributed by atoms with E-state index in [-0.39, 0.29) is 5.82 Å². The van der Waals surface area contributed by atoms with E-state index in [0.717, 1.165) is 0 Å². The van der Waals surface area contributed by atoms with Gasteiger partial charge in [-0.3, -0.25) is 4.21 Å². The van der Waals surface area contributed by atoms with Crippen molar-refractivity contribution in [1.29, 1.82) is 0 Å². The fourth-order valence-corrected chi connectivity index (χ4v) is 2.18. The van der Waals surface area contributed by atoms with Crippen LogP contribution in [0.25, 0.3) is 0 Å². The lowest BCUT2D eigenvalue weighted by Crippen LogP contribution is -2.27. The Kier molecular flexibility index (Phi) is 4.91. The molecule has 2 nitrogen and oxygen atoms in total. The molecule has 0 radical (unpaired) electrons. The lowest BCUT2D eigenvalue weighted by molar-refractivity contribution is 0.608. The molecule has 0 saturated heterocycles. The Morgan fingerprint density at radius 2 is 2.20 bits per heavy atom. The summed E-state index contributed by atoms with van der Waals surface area (Å²) in [5.41, 5.74) is 0. The molecule has 0 heterocycles. The fraction of sp³-hybridized carbons (Fsp3) is 0.455. The second-order valence-electron chi connectivity index (χ2n) is 3.62. The average molecular weight is 229 g/mol. The van der Waals surface area contributed by atoms with Crippen LogP contribution in [0.4, 0.5) is 4.39 Å². The lowest BCUT2D eigenvalue weighted by atomic mass is 10.4. The first-order valence-corrected chi connectivity index (χ1v) is 6.29. The van der Waals surface area contributed by atoms with Gasteiger partial charge < -0.3 is 5.32 Å². The molecule has 0 amide bonds. The highest BCUT2D eigenvalue weighted by Gasteiger charge is 2.04. The van der Waals surface area contributed by atoms with Gasteiger partial charge in [0.05, 0.1) is 10.8 Å². The van der Waals surface area contributed by atoms with Gasteiger partial charge >= 0.3 is 0 Å². The summed E-state index contributed by atoms with van der Waals surface area (Å²) in [6.07, 6.45) is 0. The maximum atomic E-state index is 12.8. The summed E-state index contributed by atoms with van der Waals surface area (Å²) < 4.78 is 24.5. The van der Waals surface area contributed by atoms with Crippen LogP contribution < -0.4 is 5.32 Å². The van der Waals surface area contributed by atoms with Gasteiger partial charge in [0, 0.05) is 23.2 Å². The molecule has 0 aliphatic carbocycles. The van der Waals surface area contributed by atoms with Crippen molar-refractivity contribution >= 4 is 10.8 Å². The molecular formula is C11H16FNOS. The van der Waals surface area contributed by atoms with Gasteiger partial charge in [-0.2, -0.15) is 0 Å². The largest absolute Gasteiger partial charge is 0.314 e. The maximum Gasteiger partial charge on any atom is 0.124 e. The van der Waals surface area contributed by atoms with Gasteiger partial charge in [0.2, 0.25) is 0 Å². The molecule has 4 heteroatoms. The molecule has 0 fully saturated rings. The zero-order chi connectivity index (χ0) is 11.3. The lowest BCUT2D eigenvalue weighted by Gasteiger charge is -2.07. The van der Waals surface area contributed by atoms with Crippen molar-refractivity contribution in [3.63, 3.8) is 0 Å². The van der Waals surface area contributed by atoms with E-state index >= 15 is 0 Å². The second-order valence-corrected chi connectivity index (χ2v) is 5.19.